The van der Waals surface area contributed by atoms with Crippen LogP contribution < -0.4 is 4.74 Å². The smallest absolute Gasteiger partial charge is 0.225 e. The Morgan fingerprint density at radius 3 is 2.45 bits per heavy atom. The molecule has 3 nitrogen and oxygen atoms in total. The first-order valence-corrected chi connectivity index (χ1v) is 6.80. The number of ether oxygens (including phenoxy) is 1. The number of benzene rings is 1. The molecule has 0 saturated heterocycles. The van der Waals surface area contributed by atoms with Crippen LogP contribution in [-0.2, 0) is 5.41 Å². The first kappa shape index (κ1) is 14.5. The molecule has 0 spiro atoms. The molecule has 3 heteroatoms. The lowest BCUT2D eigenvalue weighted by atomic mass is 9.86. The van der Waals surface area contributed by atoms with Gasteiger partial charge in [-0.3, -0.25) is 0 Å². The van der Waals surface area contributed by atoms with Crippen LogP contribution in [0.25, 0.3) is 0 Å². The van der Waals surface area contributed by atoms with E-state index in [9.17, 15) is 5.11 Å². The third-order valence-corrected chi connectivity index (χ3v) is 3.15. The Kier molecular flexibility index (Phi) is 4.09. The Balaban J connectivity index is 2.41. The van der Waals surface area contributed by atoms with Gasteiger partial charge in [-0.1, -0.05) is 39.0 Å². The van der Waals surface area contributed by atoms with Crippen LogP contribution in [-0.4, -0.2) is 10.1 Å². The quantitative estimate of drug-likeness (QED) is 0.908. The molecule has 1 atom stereocenters. The summed E-state index contributed by atoms with van der Waals surface area (Å²) < 4.78 is 5.96. The molecule has 1 N–H and O–H groups in total. The standard InChI is InChI=1S/C17H21NO2/c1-12(19)13-8-7-11-18-16(13)20-15-10-6-5-9-14(15)17(2,3)4/h5-12,19H,1-4H3/t12-/m1/s1. The summed E-state index contributed by atoms with van der Waals surface area (Å²) in [7, 11) is 0. The molecule has 20 heavy (non-hydrogen) atoms. The maximum atomic E-state index is 9.79. The second-order valence-electron chi connectivity index (χ2n) is 5.92. The lowest BCUT2D eigenvalue weighted by Gasteiger charge is -2.23. The predicted molar refractivity (Wildman–Crippen MR) is 80.1 cm³/mol. The van der Waals surface area contributed by atoms with Gasteiger partial charge < -0.3 is 9.84 Å². The number of aliphatic hydroxyl groups is 1. The van der Waals surface area contributed by atoms with Crippen molar-refractivity contribution < 1.29 is 9.84 Å². The average molecular weight is 271 g/mol. The summed E-state index contributed by atoms with van der Waals surface area (Å²) in [6, 6.07) is 11.6. The molecule has 1 aromatic heterocycles. The Hall–Kier alpha value is -1.87. The molecule has 0 aliphatic rings. The van der Waals surface area contributed by atoms with Gasteiger partial charge in [-0.25, -0.2) is 4.98 Å². The molecule has 1 heterocycles. The third kappa shape index (κ3) is 3.17. The summed E-state index contributed by atoms with van der Waals surface area (Å²) in [5, 5.41) is 9.79. The van der Waals surface area contributed by atoms with E-state index >= 15 is 0 Å². The van der Waals surface area contributed by atoms with Crippen LogP contribution in [0, 0.1) is 0 Å². The van der Waals surface area contributed by atoms with Crippen molar-refractivity contribution in [2.75, 3.05) is 0 Å². The van der Waals surface area contributed by atoms with Crippen molar-refractivity contribution in [1.82, 2.24) is 4.98 Å². The summed E-state index contributed by atoms with van der Waals surface area (Å²) in [5.74, 6) is 1.24. The van der Waals surface area contributed by atoms with Gasteiger partial charge in [0.2, 0.25) is 5.88 Å². The van der Waals surface area contributed by atoms with E-state index in [1.165, 1.54) is 0 Å². The SMILES string of the molecule is C[C@@H](O)c1cccnc1Oc1ccccc1C(C)(C)C. The summed E-state index contributed by atoms with van der Waals surface area (Å²) in [6.07, 6.45) is 1.06. The molecule has 0 fully saturated rings. The Morgan fingerprint density at radius 1 is 1.10 bits per heavy atom. The van der Waals surface area contributed by atoms with E-state index in [2.05, 4.69) is 31.8 Å². The van der Waals surface area contributed by atoms with Crippen molar-refractivity contribution in [2.24, 2.45) is 0 Å². The highest BCUT2D eigenvalue weighted by Crippen LogP contribution is 2.35. The fraction of sp³-hybridized carbons (Fsp3) is 0.353. The molecule has 2 rings (SSSR count). The second kappa shape index (κ2) is 5.63. The van der Waals surface area contributed by atoms with Crippen LogP contribution in [0.3, 0.4) is 0 Å². The molecule has 0 unspecified atom stereocenters. The summed E-state index contributed by atoms with van der Waals surface area (Å²) in [6.45, 7) is 8.13. The van der Waals surface area contributed by atoms with Gasteiger partial charge in [0.1, 0.15) is 5.75 Å². The molecular weight excluding hydrogens is 250 g/mol. The fourth-order valence-electron chi connectivity index (χ4n) is 2.09. The molecule has 0 saturated carbocycles. The zero-order valence-electron chi connectivity index (χ0n) is 12.4. The molecule has 0 aliphatic heterocycles. The Morgan fingerprint density at radius 2 is 1.80 bits per heavy atom. The molecule has 0 aliphatic carbocycles. The van der Waals surface area contributed by atoms with Gasteiger partial charge in [-0.15, -0.1) is 0 Å². The zero-order chi connectivity index (χ0) is 14.8. The number of nitrogens with zero attached hydrogens (tertiary/aromatic N) is 1. The second-order valence-corrected chi connectivity index (χ2v) is 5.92. The number of pyridine rings is 1. The fourth-order valence-corrected chi connectivity index (χ4v) is 2.09. The summed E-state index contributed by atoms with van der Waals surface area (Å²) in [5.41, 5.74) is 1.79. The van der Waals surface area contributed by atoms with Crippen LogP contribution in [0.2, 0.25) is 0 Å². The minimum Gasteiger partial charge on any atom is -0.438 e. The maximum Gasteiger partial charge on any atom is 0.225 e. The first-order valence-electron chi connectivity index (χ1n) is 6.80. The first-order chi connectivity index (χ1) is 9.39. The van der Waals surface area contributed by atoms with E-state index in [0.717, 1.165) is 11.3 Å². The zero-order valence-corrected chi connectivity index (χ0v) is 12.4. The monoisotopic (exact) mass is 271 g/mol. The summed E-state index contributed by atoms with van der Waals surface area (Å²) >= 11 is 0. The van der Waals surface area contributed by atoms with Crippen molar-refractivity contribution >= 4 is 0 Å². The van der Waals surface area contributed by atoms with Gasteiger partial charge in [0.15, 0.2) is 0 Å². The van der Waals surface area contributed by atoms with E-state index in [0.29, 0.717) is 11.4 Å². The predicted octanol–water partition coefficient (Wildman–Crippen LogP) is 4.22. The third-order valence-electron chi connectivity index (χ3n) is 3.15. The van der Waals surface area contributed by atoms with Crippen molar-refractivity contribution in [3.05, 3.63) is 53.7 Å². The largest absolute Gasteiger partial charge is 0.438 e. The minimum atomic E-state index is -0.611. The van der Waals surface area contributed by atoms with Crippen molar-refractivity contribution in [3.8, 4) is 11.6 Å². The molecule has 1 aromatic carbocycles. The molecule has 0 amide bonds. The van der Waals surface area contributed by atoms with Gasteiger partial charge in [-0.05, 0) is 30.5 Å². The Bertz CT molecular complexity index is 586. The number of aromatic nitrogens is 1. The van der Waals surface area contributed by atoms with E-state index < -0.39 is 6.10 Å². The van der Waals surface area contributed by atoms with E-state index in [-0.39, 0.29) is 5.41 Å². The average Bonchev–Trinajstić information content (AvgIpc) is 2.38. The molecule has 106 valence electrons. The maximum absolute atomic E-state index is 9.79. The van der Waals surface area contributed by atoms with Gasteiger partial charge in [0, 0.05) is 17.3 Å². The van der Waals surface area contributed by atoms with Gasteiger partial charge in [0.05, 0.1) is 6.10 Å². The van der Waals surface area contributed by atoms with Gasteiger partial charge >= 0.3 is 0 Å². The van der Waals surface area contributed by atoms with E-state index in [1.54, 1.807) is 19.2 Å². The van der Waals surface area contributed by atoms with E-state index in [4.69, 9.17) is 4.74 Å². The minimum absolute atomic E-state index is 0.0175. The van der Waals surface area contributed by atoms with Crippen molar-refractivity contribution in [2.45, 2.75) is 39.2 Å². The lowest BCUT2D eigenvalue weighted by molar-refractivity contribution is 0.194. The van der Waals surface area contributed by atoms with Crippen LogP contribution in [0.1, 0.15) is 44.9 Å². The van der Waals surface area contributed by atoms with Crippen LogP contribution in [0.4, 0.5) is 0 Å². The van der Waals surface area contributed by atoms with Crippen LogP contribution in [0.15, 0.2) is 42.6 Å². The molecular formula is C17H21NO2. The number of rotatable bonds is 3. The lowest BCUT2D eigenvalue weighted by Crippen LogP contribution is -2.12. The van der Waals surface area contributed by atoms with E-state index in [1.807, 2.05) is 24.3 Å². The summed E-state index contributed by atoms with van der Waals surface area (Å²) in [4.78, 5) is 4.24. The van der Waals surface area contributed by atoms with Crippen LogP contribution in [0.5, 0.6) is 11.6 Å². The van der Waals surface area contributed by atoms with Crippen molar-refractivity contribution in [1.29, 1.82) is 0 Å². The molecule has 2 aromatic rings. The number of hydrogen-bond acceptors (Lipinski definition) is 3. The molecule has 0 bridgehead atoms. The highest BCUT2D eigenvalue weighted by Gasteiger charge is 2.20. The van der Waals surface area contributed by atoms with Crippen LogP contribution >= 0.6 is 0 Å². The number of para-hydroxylation sites is 1. The topological polar surface area (TPSA) is 42.4 Å². The normalized spacial score (nSPS) is 13.1. The Labute approximate surface area is 120 Å². The highest BCUT2D eigenvalue weighted by molar-refractivity contribution is 5.42. The number of hydrogen-bond donors (Lipinski definition) is 1. The van der Waals surface area contributed by atoms with Crippen molar-refractivity contribution in [3.63, 3.8) is 0 Å². The van der Waals surface area contributed by atoms with Gasteiger partial charge in [-0.2, -0.15) is 0 Å². The molecule has 0 radical (unpaired) electrons. The highest BCUT2D eigenvalue weighted by atomic mass is 16.5. The van der Waals surface area contributed by atoms with Gasteiger partial charge in [0.25, 0.3) is 0 Å². The number of aliphatic hydroxyl groups excluding tert-OH is 1.